The molecule has 1 spiro atoms. The summed E-state index contributed by atoms with van der Waals surface area (Å²) >= 11 is 0. The Bertz CT molecular complexity index is 548. The Labute approximate surface area is 144 Å². The molecule has 0 bridgehead atoms. The number of amides is 1. The highest BCUT2D eigenvalue weighted by atomic mass is 16.5. The van der Waals surface area contributed by atoms with Crippen molar-refractivity contribution in [3.05, 3.63) is 17.0 Å². The van der Waals surface area contributed by atoms with E-state index in [1.165, 1.54) is 0 Å². The third-order valence-electron chi connectivity index (χ3n) is 4.95. The van der Waals surface area contributed by atoms with Gasteiger partial charge in [0.1, 0.15) is 5.69 Å². The number of aliphatic hydroxyl groups excluding tert-OH is 1. The van der Waals surface area contributed by atoms with Crippen LogP contribution in [0, 0.1) is 5.41 Å². The summed E-state index contributed by atoms with van der Waals surface area (Å²) in [6.07, 6.45) is 4.24. The first-order valence-electron chi connectivity index (χ1n) is 9.24. The number of nitrogens with one attached hydrogen (secondary N) is 1. The van der Waals surface area contributed by atoms with Crippen molar-refractivity contribution in [3.63, 3.8) is 0 Å². The minimum atomic E-state index is -0.0111. The fourth-order valence-corrected chi connectivity index (χ4v) is 3.61. The van der Waals surface area contributed by atoms with Crippen LogP contribution in [0.5, 0.6) is 0 Å². The van der Waals surface area contributed by atoms with Gasteiger partial charge in [-0.1, -0.05) is 13.8 Å². The summed E-state index contributed by atoms with van der Waals surface area (Å²) in [6, 6.07) is 0. The van der Waals surface area contributed by atoms with E-state index in [2.05, 4.69) is 10.4 Å². The molecule has 24 heavy (non-hydrogen) atoms. The van der Waals surface area contributed by atoms with E-state index < -0.39 is 0 Å². The van der Waals surface area contributed by atoms with Gasteiger partial charge in [-0.25, -0.2) is 0 Å². The zero-order valence-corrected chi connectivity index (χ0v) is 15.2. The number of carbonyl (C=O) groups excluding carboxylic acids is 1. The smallest absolute Gasteiger partial charge is 0.269 e. The van der Waals surface area contributed by atoms with Crippen LogP contribution in [0.4, 0.5) is 0 Å². The minimum Gasteiger partial charge on any atom is -0.396 e. The predicted molar refractivity (Wildman–Crippen MR) is 93.2 cm³/mol. The number of fused-ring (bicyclic) bond motifs is 1. The topological polar surface area (TPSA) is 76.4 Å². The number of hydrogen-bond donors (Lipinski definition) is 2. The number of aliphatic hydroxyl groups is 1. The van der Waals surface area contributed by atoms with Crippen LogP contribution >= 0.6 is 0 Å². The highest BCUT2D eigenvalue weighted by Crippen LogP contribution is 2.37. The summed E-state index contributed by atoms with van der Waals surface area (Å²) in [5, 5.41) is 16.8. The highest BCUT2D eigenvalue weighted by Gasteiger charge is 2.39. The van der Waals surface area contributed by atoms with E-state index in [1.54, 1.807) is 0 Å². The average Bonchev–Trinajstić information content (AvgIpc) is 2.91. The molecule has 1 saturated heterocycles. The largest absolute Gasteiger partial charge is 0.396 e. The van der Waals surface area contributed by atoms with Gasteiger partial charge < -0.3 is 15.2 Å². The number of aromatic nitrogens is 2. The van der Waals surface area contributed by atoms with Gasteiger partial charge in [0.15, 0.2) is 0 Å². The fraction of sp³-hybridized carbons (Fsp3) is 0.778. The Morgan fingerprint density at radius 1 is 1.33 bits per heavy atom. The van der Waals surface area contributed by atoms with Gasteiger partial charge in [-0.3, -0.25) is 9.48 Å². The molecule has 136 valence electrons. The van der Waals surface area contributed by atoms with Gasteiger partial charge in [-0.2, -0.15) is 5.10 Å². The zero-order chi connectivity index (χ0) is 17.6. The van der Waals surface area contributed by atoms with E-state index in [0.29, 0.717) is 19.5 Å². The lowest BCUT2D eigenvalue weighted by atomic mass is 9.75. The Balaban J connectivity index is 0.00000100. The maximum Gasteiger partial charge on any atom is 0.269 e. The van der Waals surface area contributed by atoms with Gasteiger partial charge >= 0.3 is 0 Å². The van der Waals surface area contributed by atoms with Crippen molar-refractivity contribution < 1.29 is 14.6 Å². The molecule has 0 saturated carbocycles. The van der Waals surface area contributed by atoms with Crippen LogP contribution in [-0.2, 0) is 24.1 Å². The summed E-state index contributed by atoms with van der Waals surface area (Å²) in [4.78, 5) is 12.5. The lowest BCUT2D eigenvalue weighted by Gasteiger charge is -2.36. The van der Waals surface area contributed by atoms with Crippen LogP contribution in [0.2, 0.25) is 0 Å². The summed E-state index contributed by atoms with van der Waals surface area (Å²) < 4.78 is 7.32. The number of ether oxygens (including phenoxy) is 1. The van der Waals surface area contributed by atoms with E-state index in [1.807, 2.05) is 25.5 Å². The predicted octanol–water partition coefficient (Wildman–Crippen LogP) is 1.94. The van der Waals surface area contributed by atoms with E-state index >= 15 is 0 Å². The van der Waals surface area contributed by atoms with Gasteiger partial charge in [0.05, 0.1) is 5.69 Å². The molecule has 0 aliphatic carbocycles. The Morgan fingerprint density at radius 3 is 2.67 bits per heavy atom. The van der Waals surface area contributed by atoms with Crippen molar-refractivity contribution in [2.45, 2.75) is 59.4 Å². The summed E-state index contributed by atoms with van der Waals surface area (Å²) in [5.74, 6) is -0.0111. The Kier molecular flexibility index (Phi) is 6.80. The third kappa shape index (κ3) is 3.81. The normalized spacial score (nSPS) is 19.1. The van der Waals surface area contributed by atoms with Crippen molar-refractivity contribution in [2.24, 2.45) is 5.41 Å². The van der Waals surface area contributed by atoms with Crippen LogP contribution in [-0.4, -0.2) is 47.2 Å². The maximum absolute atomic E-state index is 12.5. The zero-order valence-electron chi connectivity index (χ0n) is 15.2. The van der Waals surface area contributed by atoms with Gasteiger partial charge in [0, 0.05) is 38.5 Å². The second kappa shape index (κ2) is 8.62. The molecule has 6 heteroatoms. The molecular formula is C18H31N3O3. The number of nitrogens with zero attached hydrogens (tertiary/aromatic N) is 2. The van der Waals surface area contributed by atoms with Crippen LogP contribution in [0.25, 0.3) is 0 Å². The van der Waals surface area contributed by atoms with E-state index in [9.17, 15) is 4.79 Å². The second-order valence-corrected chi connectivity index (χ2v) is 6.39. The first-order chi connectivity index (χ1) is 11.7. The summed E-state index contributed by atoms with van der Waals surface area (Å²) in [6.45, 7) is 9.08. The molecule has 0 radical (unpaired) electrons. The summed E-state index contributed by atoms with van der Waals surface area (Å²) in [5.41, 5.74) is 2.88. The first kappa shape index (κ1) is 18.9. The number of rotatable bonds is 4. The van der Waals surface area contributed by atoms with Crippen LogP contribution < -0.4 is 5.32 Å². The molecule has 0 aromatic carbocycles. The Morgan fingerprint density at radius 2 is 2.04 bits per heavy atom. The highest BCUT2D eigenvalue weighted by molar-refractivity contribution is 5.94. The van der Waals surface area contributed by atoms with Gasteiger partial charge in [0.2, 0.25) is 0 Å². The molecule has 0 atom stereocenters. The van der Waals surface area contributed by atoms with E-state index in [0.717, 1.165) is 55.8 Å². The molecule has 6 nitrogen and oxygen atoms in total. The summed E-state index contributed by atoms with van der Waals surface area (Å²) in [7, 11) is 0. The molecule has 1 aromatic rings. The van der Waals surface area contributed by atoms with Crippen molar-refractivity contribution in [3.8, 4) is 0 Å². The fourth-order valence-electron chi connectivity index (χ4n) is 3.61. The second-order valence-electron chi connectivity index (χ2n) is 6.39. The molecule has 1 amide bonds. The van der Waals surface area contributed by atoms with Crippen molar-refractivity contribution >= 4 is 5.91 Å². The molecule has 1 aromatic heterocycles. The van der Waals surface area contributed by atoms with Crippen molar-refractivity contribution in [1.82, 2.24) is 15.1 Å². The molecule has 2 aliphatic rings. The Hall–Kier alpha value is -1.40. The molecule has 3 rings (SSSR count). The monoisotopic (exact) mass is 337 g/mol. The average molecular weight is 337 g/mol. The van der Waals surface area contributed by atoms with Crippen molar-refractivity contribution in [1.29, 1.82) is 0 Å². The lowest BCUT2D eigenvalue weighted by Crippen LogP contribution is -2.40. The van der Waals surface area contributed by atoms with Crippen LogP contribution in [0.1, 0.15) is 61.8 Å². The number of aryl methyl sites for hydroxylation is 2. The third-order valence-corrected chi connectivity index (χ3v) is 4.95. The quantitative estimate of drug-likeness (QED) is 0.880. The maximum atomic E-state index is 12.5. The number of hydrogen-bond acceptors (Lipinski definition) is 4. The number of carbonyl (C=O) groups is 1. The molecule has 2 N–H and O–H groups in total. The van der Waals surface area contributed by atoms with Gasteiger partial charge in [-0.15, -0.1) is 0 Å². The first-order valence-corrected chi connectivity index (χ1v) is 9.24. The molecular weight excluding hydrogens is 306 g/mol. The van der Waals surface area contributed by atoms with Gasteiger partial charge in [0.25, 0.3) is 5.91 Å². The van der Waals surface area contributed by atoms with Crippen LogP contribution in [0.15, 0.2) is 0 Å². The van der Waals surface area contributed by atoms with E-state index in [-0.39, 0.29) is 17.9 Å². The standard InChI is InChI=1S/C16H25N3O3.C2H6/c1-2-19-14-12(13(18-19)4-3-7-20)10-16(11-17-15(14)21)5-8-22-9-6-16;1-2/h20H,2-11H2,1H3,(H,17,21);1-2H3. The lowest BCUT2D eigenvalue weighted by molar-refractivity contribution is 0.0160. The van der Waals surface area contributed by atoms with Crippen molar-refractivity contribution in [2.75, 3.05) is 26.4 Å². The SMILES string of the molecule is CC.CCn1nc(CCCO)c2c1C(=O)NCC1(CCOCC1)C2. The molecule has 3 heterocycles. The minimum absolute atomic E-state index is 0.0111. The van der Waals surface area contributed by atoms with E-state index in [4.69, 9.17) is 9.84 Å². The molecule has 2 aliphatic heterocycles. The molecule has 1 fully saturated rings. The molecule has 0 unspecified atom stereocenters. The van der Waals surface area contributed by atoms with Gasteiger partial charge in [-0.05, 0) is 44.4 Å². The van der Waals surface area contributed by atoms with Crippen LogP contribution in [0.3, 0.4) is 0 Å².